The van der Waals surface area contributed by atoms with Gasteiger partial charge in [0.15, 0.2) is 0 Å². The molecule has 3 aromatic rings. The summed E-state index contributed by atoms with van der Waals surface area (Å²) in [7, 11) is 0. The van der Waals surface area contributed by atoms with Crippen molar-refractivity contribution in [2.45, 2.75) is 31.7 Å². The number of nitrogens with one attached hydrogen (secondary N) is 1. The lowest BCUT2D eigenvalue weighted by molar-refractivity contribution is -0.128. The lowest BCUT2D eigenvalue weighted by Crippen LogP contribution is -2.30. The summed E-state index contributed by atoms with van der Waals surface area (Å²) in [5.41, 5.74) is 3.50. The van der Waals surface area contributed by atoms with Crippen molar-refractivity contribution in [1.82, 2.24) is 4.90 Å². The van der Waals surface area contributed by atoms with E-state index in [0.29, 0.717) is 23.5 Å². The molecule has 0 radical (unpaired) electrons. The number of carbonyl (C=O) groups excluding carboxylic acids is 2. The number of thioether (sulfide) groups is 1. The number of nitrogens with zero attached hydrogens (tertiary/aromatic N) is 1. The summed E-state index contributed by atoms with van der Waals surface area (Å²) >= 11 is 1.63. The van der Waals surface area contributed by atoms with E-state index in [4.69, 9.17) is 4.74 Å². The second-order valence-electron chi connectivity index (χ2n) is 8.26. The van der Waals surface area contributed by atoms with Crippen molar-refractivity contribution in [1.29, 1.82) is 0 Å². The van der Waals surface area contributed by atoms with E-state index in [-0.39, 0.29) is 23.3 Å². The van der Waals surface area contributed by atoms with Crippen molar-refractivity contribution < 1.29 is 14.3 Å². The predicted molar refractivity (Wildman–Crippen MR) is 134 cm³/mol. The standard InChI is InChI=1S/C27H28N2O3S/c1-19(2)32-24-10-6-9-23(17-24)28-26(31)21-11-13-22(14-12-21)27-29(25(30)18-33-27)16-15-20-7-4-3-5-8-20/h3-14,17,19,27H,15-16,18H2,1-2H3,(H,28,31)/t27-/m0/s1. The van der Waals surface area contributed by atoms with Crippen LogP contribution in [0, 0.1) is 0 Å². The molecule has 0 aromatic heterocycles. The molecule has 0 saturated carbocycles. The zero-order valence-corrected chi connectivity index (χ0v) is 19.7. The Morgan fingerprint density at radius 1 is 1.06 bits per heavy atom. The molecule has 1 atom stereocenters. The minimum atomic E-state index is -0.181. The van der Waals surface area contributed by atoms with Crippen molar-refractivity contribution >= 4 is 29.3 Å². The Morgan fingerprint density at radius 2 is 1.82 bits per heavy atom. The highest BCUT2D eigenvalue weighted by Gasteiger charge is 2.32. The second-order valence-corrected chi connectivity index (χ2v) is 9.33. The minimum absolute atomic E-state index is 0.0248. The summed E-state index contributed by atoms with van der Waals surface area (Å²) in [6.07, 6.45) is 0.889. The van der Waals surface area contributed by atoms with Gasteiger partial charge in [0.2, 0.25) is 5.91 Å². The van der Waals surface area contributed by atoms with E-state index in [1.807, 2.05) is 85.5 Å². The summed E-state index contributed by atoms with van der Waals surface area (Å²) in [6.45, 7) is 4.61. The van der Waals surface area contributed by atoms with E-state index >= 15 is 0 Å². The Balaban J connectivity index is 1.40. The number of amides is 2. The van der Waals surface area contributed by atoms with Gasteiger partial charge in [0, 0.05) is 23.9 Å². The van der Waals surface area contributed by atoms with Gasteiger partial charge >= 0.3 is 0 Å². The molecule has 170 valence electrons. The molecule has 1 aliphatic heterocycles. The third-order valence-electron chi connectivity index (χ3n) is 5.37. The van der Waals surface area contributed by atoms with Crippen molar-refractivity contribution in [2.24, 2.45) is 0 Å². The number of rotatable bonds is 8. The average molecular weight is 461 g/mol. The molecule has 0 bridgehead atoms. The topological polar surface area (TPSA) is 58.6 Å². The van der Waals surface area contributed by atoms with Crippen molar-refractivity contribution in [3.63, 3.8) is 0 Å². The van der Waals surface area contributed by atoms with E-state index in [1.54, 1.807) is 11.8 Å². The van der Waals surface area contributed by atoms with E-state index in [1.165, 1.54) is 5.56 Å². The van der Waals surface area contributed by atoms with Gasteiger partial charge in [0.25, 0.3) is 5.91 Å². The highest BCUT2D eigenvalue weighted by molar-refractivity contribution is 8.00. The maximum absolute atomic E-state index is 12.7. The van der Waals surface area contributed by atoms with E-state index in [2.05, 4.69) is 17.4 Å². The van der Waals surface area contributed by atoms with Crippen LogP contribution in [-0.2, 0) is 11.2 Å². The molecule has 1 N–H and O–H groups in total. The van der Waals surface area contributed by atoms with Crippen molar-refractivity contribution in [3.8, 4) is 5.75 Å². The van der Waals surface area contributed by atoms with Gasteiger partial charge in [-0.1, -0.05) is 48.5 Å². The molecule has 1 fully saturated rings. The number of benzene rings is 3. The number of carbonyl (C=O) groups is 2. The average Bonchev–Trinajstić information content (AvgIpc) is 3.18. The largest absolute Gasteiger partial charge is 0.491 e. The summed E-state index contributed by atoms with van der Waals surface area (Å²) in [4.78, 5) is 27.2. The molecule has 1 saturated heterocycles. The summed E-state index contributed by atoms with van der Waals surface area (Å²) in [5, 5.41) is 2.90. The first kappa shape index (κ1) is 22.9. The zero-order valence-electron chi connectivity index (χ0n) is 18.9. The van der Waals surface area contributed by atoms with Crippen LogP contribution in [0.2, 0.25) is 0 Å². The lowest BCUT2D eigenvalue weighted by Gasteiger charge is -2.24. The molecule has 1 heterocycles. The zero-order chi connectivity index (χ0) is 23.2. The molecule has 0 aliphatic carbocycles. The van der Waals surface area contributed by atoms with Crippen LogP contribution >= 0.6 is 11.8 Å². The fourth-order valence-corrected chi connectivity index (χ4v) is 5.01. The first-order valence-corrected chi connectivity index (χ1v) is 12.2. The molecule has 6 heteroatoms. The highest BCUT2D eigenvalue weighted by Crippen LogP contribution is 2.38. The third kappa shape index (κ3) is 5.96. The molecular formula is C27H28N2O3S. The summed E-state index contributed by atoms with van der Waals surface area (Å²) < 4.78 is 5.70. The van der Waals surface area contributed by atoms with Gasteiger partial charge in [0.1, 0.15) is 11.1 Å². The third-order valence-corrected chi connectivity index (χ3v) is 6.63. The monoisotopic (exact) mass is 460 g/mol. The Morgan fingerprint density at radius 3 is 2.55 bits per heavy atom. The normalized spacial score (nSPS) is 15.7. The van der Waals surface area contributed by atoms with Crippen LogP contribution < -0.4 is 10.1 Å². The van der Waals surface area contributed by atoms with E-state index < -0.39 is 0 Å². The molecule has 5 nitrogen and oxygen atoms in total. The maximum Gasteiger partial charge on any atom is 0.255 e. The number of hydrogen-bond acceptors (Lipinski definition) is 4. The van der Waals surface area contributed by atoms with Gasteiger partial charge in [-0.2, -0.15) is 0 Å². The molecule has 3 aromatic carbocycles. The van der Waals surface area contributed by atoms with Gasteiger partial charge in [-0.25, -0.2) is 0 Å². The van der Waals surface area contributed by atoms with Gasteiger partial charge in [0.05, 0.1) is 11.9 Å². The lowest BCUT2D eigenvalue weighted by atomic mass is 10.1. The van der Waals surface area contributed by atoms with E-state index in [9.17, 15) is 9.59 Å². The molecule has 0 spiro atoms. The van der Waals surface area contributed by atoms with Gasteiger partial charge in [-0.05, 0) is 55.7 Å². The quantitative estimate of drug-likeness (QED) is 0.479. The van der Waals surface area contributed by atoms with Crippen LogP contribution in [0.1, 0.15) is 40.7 Å². The van der Waals surface area contributed by atoms with Crippen LogP contribution in [0.25, 0.3) is 0 Å². The molecule has 1 aliphatic rings. The van der Waals surface area contributed by atoms with Crippen molar-refractivity contribution in [2.75, 3.05) is 17.6 Å². The highest BCUT2D eigenvalue weighted by atomic mass is 32.2. The van der Waals surface area contributed by atoms with E-state index in [0.717, 1.165) is 17.7 Å². The van der Waals surface area contributed by atoms with Crippen molar-refractivity contribution in [3.05, 3.63) is 95.6 Å². The Bertz CT molecular complexity index is 1100. The summed E-state index contributed by atoms with van der Waals surface area (Å²) in [6, 6.07) is 25.1. The number of ether oxygens (including phenoxy) is 1. The van der Waals surface area contributed by atoms with Gasteiger partial charge in [-0.3, -0.25) is 9.59 Å². The first-order chi connectivity index (χ1) is 16.0. The molecule has 0 unspecified atom stereocenters. The number of anilines is 1. The molecule has 4 rings (SSSR count). The van der Waals surface area contributed by atoms with Gasteiger partial charge < -0.3 is 15.0 Å². The van der Waals surface area contributed by atoms with Crippen LogP contribution in [0.3, 0.4) is 0 Å². The fraction of sp³-hybridized carbons (Fsp3) is 0.259. The predicted octanol–water partition coefficient (Wildman–Crippen LogP) is 5.54. The Labute approximate surface area is 199 Å². The Hall–Kier alpha value is -3.25. The first-order valence-electron chi connectivity index (χ1n) is 11.1. The van der Waals surface area contributed by atoms with Crippen LogP contribution in [0.5, 0.6) is 5.75 Å². The molecule has 33 heavy (non-hydrogen) atoms. The van der Waals surface area contributed by atoms with Gasteiger partial charge in [-0.15, -0.1) is 11.8 Å². The van der Waals surface area contributed by atoms with Crippen LogP contribution in [-0.4, -0.2) is 35.1 Å². The Kier molecular flexibility index (Phi) is 7.35. The number of hydrogen-bond donors (Lipinski definition) is 1. The smallest absolute Gasteiger partial charge is 0.255 e. The maximum atomic E-state index is 12.7. The fourth-order valence-electron chi connectivity index (χ4n) is 3.79. The molecular weight excluding hydrogens is 432 g/mol. The van der Waals surface area contributed by atoms with Crippen LogP contribution in [0.15, 0.2) is 78.9 Å². The molecule has 2 amide bonds. The summed E-state index contributed by atoms with van der Waals surface area (Å²) in [5.74, 6) is 1.18. The van der Waals surface area contributed by atoms with Crippen LogP contribution in [0.4, 0.5) is 5.69 Å². The minimum Gasteiger partial charge on any atom is -0.491 e. The SMILES string of the molecule is CC(C)Oc1cccc(NC(=O)c2ccc([C@@H]3SCC(=O)N3CCc3ccccc3)cc2)c1. The second kappa shape index (κ2) is 10.6.